The Kier molecular flexibility index (Phi) is 16.9. The van der Waals surface area contributed by atoms with E-state index in [1.165, 1.54) is 12.1 Å². The van der Waals surface area contributed by atoms with E-state index in [9.17, 15) is 31.0 Å². The Morgan fingerprint density at radius 2 is 1.49 bits per heavy atom. The van der Waals surface area contributed by atoms with Gasteiger partial charge in [0.1, 0.15) is 40.8 Å². The Morgan fingerprint density at radius 1 is 0.806 bits per heavy atom. The van der Waals surface area contributed by atoms with Crippen molar-refractivity contribution in [3.63, 3.8) is 0 Å². The Labute approximate surface area is 422 Å². The summed E-state index contributed by atoms with van der Waals surface area (Å²) in [6, 6.07) is 24.6. The number of nitrogens with one attached hydrogen (secondary N) is 3. The van der Waals surface area contributed by atoms with Crippen LogP contribution in [0.15, 0.2) is 126 Å². The van der Waals surface area contributed by atoms with E-state index in [4.69, 9.17) is 13.7 Å². The molecule has 16 nitrogen and oxygen atoms in total. The summed E-state index contributed by atoms with van der Waals surface area (Å²) in [6.07, 6.45) is 2.29. The summed E-state index contributed by atoms with van der Waals surface area (Å²) in [5.74, 6) is -0.816. The largest absolute Gasteiger partial charge is 0.463 e. The molecule has 18 heteroatoms. The maximum Gasteiger partial charge on any atom is 0.336 e. The summed E-state index contributed by atoms with van der Waals surface area (Å²) in [6.45, 7) is 18.8. The third-order valence-electron chi connectivity index (χ3n) is 13.2. The predicted molar refractivity (Wildman–Crippen MR) is 279 cm³/mol. The number of esters is 1. The van der Waals surface area contributed by atoms with Crippen LogP contribution in [-0.4, -0.2) is 84.3 Å². The molecule has 1 amide bonds. The lowest BCUT2D eigenvalue weighted by Gasteiger charge is -2.31. The number of allylic oxidation sites excluding steroid dienone is 2. The van der Waals surface area contributed by atoms with Crippen LogP contribution >= 0.6 is 0 Å². The highest BCUT2D eigenvalue weighted by Gasteiger charge is 2.41. The van der Waals surface area contributed by atoms with E-state index in [-0.39, 0.29) is 35.1 Å². The van der Waals surface area contributed by atoms with Crippen LogP contribution in [0.1, 0.15) is 91.4 Å². The average Bonchev–Trinajstić information content (AvgIpc) is 3.74. The van der Waals surface area contributed by atoms with Gasteiger partial charge in [0.15, 0.2) is 0 Å². The van der Waals surface area contributed by atoms with Crippen LogP contribution in [0.2, 0.25) is 0 Å². The van der Waals surface area contributed by atoms with E-state index in [0.717, 1.165) is 48.9 Å². The minimum atomic E-state index is -4.96. The Balaban J connectivity index is 1.05. The predicted octanol–water partition coefficient (Wildman–Crippen LogP) is 8.53. The standard InChI is InChI=1S/C54H64N6O10S2/c1-9-59(10-2)38-23-26-41-44(31-38)69-45-32-39(60(11-3)12-4)24-27-42(45)50(41)43-28-25-40(33-46(43)72(65,66)67)71(63,64)56-30-20-15-14-19-29-55-53(61)47-34(6)57-35(7)48(54(62)68-13-5)51(47)49-36(8)70-58-52(49)37-21-17-16-18-22-37/h16-18,21-28,31-33,51,56H,9-15,19-20,29-30H2,1-8H3,(H2-,55,57,61,62,65,66,67)/p+1. The number of hydrogen-bond donors (Lipinski definition) is 4. The van der Waals surface area contributed by atoms with Gasteiger partial charge in [-0.1, -0.05) is 54.4 Å². The number of benzene rings is 4. The first kappa shape index (κ1) is 53.2. The number of rotatable bonds is 21. The van der Waals surface area contributed by atoms with Crippen LogP contribution < -0.4 is 30.2 Å². The fraction of sp³-hybridized carbons (Fsp3) is 0.370. The van der Waals surface area contributed by atoms with Crippen molar-refractivity contribution in [2.24, 2.45) is 0 Å². The number of hydrogen-bond acceptors (Lipinski definition) is 12. The number of unbranched alkanes of at least 4 members (excludes halogenated alkanes) is 3. The first-order valence-electron chi connectivity index (χ1n) is 24.6. The highest BCUT2D eigenvalue weighted by molar-refractivity contribution is 7.89. The van der Waals surface area contributed by atoms with Gasteiger partial charge in [0.2, 0.25) is 21.3 Å². The summed E-state index contributed by atoms with van der Waals surface area (Å²) in [5, 5.41) is 12.1. The first-order valence-corrected chi connectivity index (χ1v) is 27.5. The molecule has 3 heterocycles. The Hall–Kier alpha value is -6.60. The number of anilines is 1. The smallest absolute Gasteiger partial charge is 0.336 e. The van der Waals surface area contributed by atoms with Gasteiger partial charge in [-0.15, -0.1) is 0 Å². The van der Waals surface area contributed by atoms with Crippen LogP contribution in [-0.2, 0) is 34.5 Å². The van der Waals surface area contributed by atoms with Crippen molar-refractivity contribution < 1.29 is 44.7 Å². The third kappa shape index (κ3) is 11.2. The number of aryl methyl sites for hydroxylation is 1. The number of amides is 1. The van der Waals surface area contributed by atoms with E-state index in [2.05, 4.69) is 57.7 Å². The zero-order valence-electron chi connectivity index (χ0n) is 42.2. The second-order valence-corrected chi connectivity index (χ2v) is 20.8. The molecule has 0 spiro atoms. The molecular formula is C54H65N6O10S2+. The van der Waals surface area contributed by atoms with Crippen LogP contribution in [0.4, 0.5) is 5.69 Å². The molecule has 0 bridgehead atoms. The molecule has 0 radical (unpaired) electrons. The van der Waals surface area contributed by atoms with Crippen LogP contribution in [0.3, 0.4) is 0 Å². The van der Waals surface area contributed by atoms with E-state index in [0.29, 0.717) is 94.1 Å². The number of nitrogens with zero attached hydrogens (tertiary/aromatic N) is 3. The van der Waals surface area contributed by atoms with E-state index < -0.39 is 36.9 Å². The highest BCUT2D eigenvalue weighted by atomic mass is 32.2. The highest BCUT2D eigenvalue weighted by Crippen LogP contribution is 2.45. The number of dihydropyridines is 1. The molecule has 1 aliphatic carbocycles. The molecule has 1 unspecified atom stereocenters. The zero-order chi connectivity index (χ0) is 51.9. The number of aromatic nitrogens is 1. The quantitative estimate of drug-likeness (QED) is 0.0175. The number of ether oxygens (including phenoxy) is 1. The molecule has 0 saturated carbocycles. The molecule has 4 aromatic rings. The fourth-order valence-corrected chi connectivity index (χ4v) is 11.5. The summed E-state index contributed by atoms with van der Waals surface area (Å²) in [5.41, 5.74) is 6.21. The summed E-state index contributed by atoms with van der Waals surface area (Å²) >= 11 is 0. The summed E-state index contributed by atoms with van der Waals surface area (Å²) in [7, 11) is -9.20. The van der Waals surface area contributed by atoms with Crippen molar-refractivity contribution in [2.45, 2.75) is 96.8 Å². The number of carbonyl (C=O) groups is 2. The monoisotopic (exact) mass is 1020 g/mol. The Bertz CT molecular complexity index is 3310. The molecule has 0 saturated heterocycles. The second kappa shape index (κ2) is 22.9. The molecule has 1 aromatic heterocycles. The topological polar surface area (TPSA) is 213 Å². The lowest BCUT2D eigenvalue weighted by atomic mass is 9.78. The minimum absolute atomic E-state index is 0.0560. The van der Waals surface area contributed by atoms with Crippen molar-refractivity contribution in [1.82, 2.24) is 25.1 Å². The molecule has 7 rings (SSSR count). The average molecular weight is 1020 g/mol. The van der Waals surface area contributed by atoms with Gasteiger partial charge in [-0.3, -0.25) is 9.35 Å². The van der Waals surface area contributed by atoms with Gasteiger partial charge in [-0.25, -0.2) is 22.5 Å². The van der Waals surface area contributed by atoms with Crippen molar-refractivity contribution in [3.05, 3.63) is 124 Å². The second-order valence-electron chi connectivity index (χ2n) is 17.6. The molecule has 1 atom stereocenters. The molecule has 0 fully saturated rings. The molecule has 382 valence electrons. The normalized spacial score (nSPS) is 14.2. The Morgan fingerprint density at radius 3 is 2.15 bits per heavy atom. The number of fused-ring (bicyclic) bond motifs is 2. The van der Waals surface area contributed by atoms with Gasteiger partial charge in [-0.2, -0.15) is 8.42 Å². The van der Waals surface area contributed by atoms with Gasteiger partial charge in [0, 0.05) is 94.2 Å². The van der Waals surface area contributed by atoms with Crippen LogP contribution in [0, 0.1) is 6.92 Å². The molecule has 72 heavy (non-hydrogen) atoms. The fourth-order valence-electron chi connectivity index (χ4n) is 9.60. The summed E-state index contributed by atoms with van der Waals surface area (Å²) < 4.78 is 87.1. The van der Waals surface area contributed by atoms with Crippen molar-refractivity contribution in [2.75, 3.05) is 50.8 Å². The molecule has 2 aliphatic heterocycles. The molecule has 3 aromatic carbocycles. The maximum absolute atomic E-state index is 14.1. The van der Waals surface area contributed by atoms with E-state index in [1.807, 2.05) is 66.7 Å². The van der Waals surface area contributed by atoms with Gasteiger partial charge >= 0.3 is 5.97 Å². The first-order chi connectivity index (χ1) is 34.5. The number of carbonyl (C=O) groups excluding carboxylic acids is 2. The maximum atomic E-state index is 14.1. The van der Waals surface area contributed by atoms with Crippen molar-refractivity contribution >= 4 is 48.7 Å². The van der Waals surface area contributed by atoms with Crippen molar-refractivity contribution in [1.29, 1.82) is 0 Å². The van der Waals surface area contributed by atoms with Crippen molar-refractivity contribution in [3.8, 4) is 33.7 Å². The lowest BCUT2D eigenvalue weighted by molar-refractivity contribution is -0.138. The number of sulfonamides is 1. The molecule has 4 N–H and O–H groups in total. The van der Waals surface area contributed by atoms with Gasteiger partial charge < -0.3 is 29.2 Å². The van der Waals surface area contributed by atoms with Crippen LogP contribution in [0.25, 0.3) is 44.7 Å². The van der Waals surface area contributed by atoms with E-state index in [1.54, 1.807) is 27.7 Å². The molecule has 3 aliphatic rings. The summed E-state index contributed by atoms with van der Waals surface area (Å²) in [4.78, 5) is 29.0. The van der Waals surface area contributed by atoms with E-state index >= 15 is 0 Å². The van der Waals surface area contributed by atoms with Gasteiger partial charge in [-0.05, 0) is 98.6 Å². The van der Waals surface area contributed by atoms with Crippen LogP contribution in [0.5, 0.6) is 0 Å². The molecular weight excluding hydrogens is 957 g/mol. The third-order valence-corrected chi connectivity index (χ3v) is 15.5. The van der Waals surface area contributed by atoms with Gasteiger partial charge in [0.05, 0.1) is 29.1 Å². The van der Waals surface area contributed by atoms with Gasteiger partial charge in [0.25, 0.3) is 10.1 Å². The lowest BCUT2D eigenvalue weighted by Crippen LogP contribution is -2.37. The minimum Gasteiger partial charge on any atom is -0.463 e. The SMILES string of the molecule is CCOC(=O)C1=C(C)NC(C)=C(C(=O)NCCCCCCNS(=O)(=O)c2ccc(-c3c4ccc(=[N+](CC)CC)cc-4oc4cc(N(CC)CC)ccc34)c(S(=O)(=O)O)c2)C1c1c(-c2ccccc2)noc1C. The zero-order valence-corrected chi connectivity index (χ0v) is 43.9.